The molecule has 1 aromatic rings. The van der Waals surface area contributed by atoms with Crippen LogP contribution in [0.4, 0.5) is 5.69 Å². The van der Waals surface area contributed by atoms with Crippen LogP contribution in [0, 0.1) is 18.8 Å². The minimum absolute atomic E-state index is 0.705. The van der Waals surface area contributed by atoms with Gasteiger partial charge in [-0.1, -0.05) is 47.5 Å². The molecule has 0 heterocycles. The van der Waals surface area contributed by atoms with Crippen molar-refractivity contribution < 1.29 is 0 Å². The van der Waals surface area contributed by atoms with Crippen LogP contribution in [0.2, 0.25) is 0 Å². The quantitative estimate of drug-likeness (QED) is 0.699. The maximum atomic E-state index is 3.63. The van der Waals surface area contributed by atoms with Gasteiger partial charge in [-0.15, -0.1) is 0 Å². The molecule has 0 amide bonds. The number of rotatable bonds is 6. The van der Waals surface area contributed by atoms with E-state index in [0.29, 0.717) is 11.8 Å². The Hall–Kier alpha value is -0.500. The van der Waals surface area contributed by atoms with Crippen molar-refractivity contribution in [1.82, 2.24) is 0 Å². The number of benzene rings is 1. The standard InChI is InChI=1S/C15H24BrN/c1-5-17(11-14(10-16)12(2)3)15-8-6-13(4)7-9-15/h6-9,12,14H,5,10-11H2,1-4H3. The van der Waals surface area contributed by atoms with Gasteiger partial charge < -0.3 is 4.90 Å². The lowest BCUT2D eigenvalue weighted by Crippen LogP contribution is -2.32. The number of nitrogens with zero attached hydrogens (tertiary/aromatic N) is 1. The average molecular weight is 298 g/mol. The Balaban J connectivity index is 2.74. The van der Waals surface area contributed by atoms with Crippen molar-refractivity contribution >= 4 is 21.6 Å². The summed E-state index contributed by atoms with van der Waals surface area (Å²) in [6.45, 7) is 11.2. The summed E-state index contributed by atoms with van der Waals surface area (Å²) in [5.41, 5.74) is 2.66. The molecule has 2 heteroatoms. The summed E-state index contributed by atoms with van der Waals surface area (Å²) in [4.78, 5) is 2.46. The third kappa shape index (κ3) is 4.34. The fourth-order valence-electron chi connectivity index (χ4n) is 1.89. The highest BCUT2D eigenvalue weighted by molar-refractivity contribution is 9.09. The summed E-state index contributed by atoms with van der Waals surface area (Å²) in [5.74, 6) is 1.42. The molecule has 1 atom stereocenters. The van der Waals surface area contributed by atoms with Crippen LogP contribution in [-0.2, 0) is 0 Å². The summed E-state index contributed by atoms with van der Waals surface area (Å²) in [7, 11) is 0. The molecule has 0 aliphatic carbocycles. The fraction of sp³-hybridized carbons (Fsp3) is 0.600. The number of hydrogen-bond donors (Lipinski definition) is 0. The van der Waals surface area contributed by atoms with Crippen molar-refractivity contribution in [1.29, 1.82) is 0 Å². The summed E-state index contributed by atoms with van der Waals surface area (Å²) >= 11 is 3.63. The van der Waals surface area contributed by atoms with Gasteiger partial charge in [0.2, 0.25) is 0 Å². The fourth-order valence-corrected chi connectivity index (χ4v) is 2.85. The van der Waals surface area contributed by atoms with Crippen molar-refractivity contribution in [3.63, 3.8) is 0 Å². The van der Waals surface area contributed by atoms with E-state index in [2.05, 4.69) is 72.8 Å². The predicted octanol–water partition coefficient (Wildman–Crippen LogP) is 4.49. The van der Waals surface area contributed by atoms with E-state index < -0.39 is 0 Å². The highest BCUT2D eigenvalue weighted by atomic mass is 79.9. The molecule has 0 radical (unpaired) electrons. The molecule has 1 nitrogen and oxygen atoms in total. The first-order valence-electron chi connectivity index (χ1n) is 6.46. The highest BCUT2D eigenvalue weighted by Gasteiger charge is 2.15. The molecular weight excluding hydrogens is 274 g/mol. The Bertz CT molecular complexity index is 318. The summed E-state index contributed by atoms with van der Waals surface area (Å²) < 4.78 is 0. The van der Waals surface area contributed by atoms with E-state index in [0.717, 1.165) is 18.4 Å². The number of anilines is 1. The van der Waals surface area contributed by atoms with Crippen LogP contribution < -0.4 is 4.90 Å². The van der Waals surface area contributed by atoms with E-state index in [4.69, 9.17) is 0 Å². The molecule has 0 bridgehead atoms. The van der Waals surface area contributed by atoms with Gasteiger partial charge in [-0.3, -0.25) is 0 Å². The van der Waals surface area contributed by atoms with Crippen molar-refractivity contribution in [3.05, 3.63) is 29.8 Å². The summed E-state index contributed by atoms with van der Waals surface area (Å²) in [5, 5.41) is 1.08. The van der Waals surface area contributed by atoms with Crippen molar-refractivity contribution in [3.8, 4) is 0 Å². The number of aryl methyl sites for hydroxylation is 1. The molecule has 0 aliphatic rings. The molecule has 0 fully saturated rings. The molecule has 96 valence electrons. The van der Waals surface area contributed by atoms with E-state index in [1.54, 1.807) is 0 Å². The molecule has 1 rings (SSSR count). The van der Waals surface area contributed by atoms with Crippen molar-refractivity contribution in [2.45, 2.75) is 27.7 Å². The first kappa shape index (κ1) is 14.6. The maximum Gasteiger partial charge on any atom is 0.0366 e. The van der Waals surface area contributed by atoms with Crippen LogP contribution in [0.25, 0.3) is 0 Å². The van der Waals surface area contributed by atoms with Crippen molar-refractivity contribution in [2.75, 3.05) is 23.3 Å². The average Bonchev–Trinajstić information content (AvgIpc) is 2.32. The highest BCUT2D eigenvalue weighted by Crippen LogP contribution is 2.21. The predicted molar refractivity (Wildman–Crippen MR) is 81.2 cm³/mol. The molecular formula is C15H24BrN. The monoisotopic (exact) mass is 297 g/mol. The summed E-state index contributed by atoms with van der Waals surface area (Å²) in [6, 6.07) is 8.84. The first-order chi connectivity index (χ1) is 8.08. The molecule has 1 unspecified atom stereocenters. The van der Waals surface area contributed by atoms with Gasteiger partial charge in [0.15, 0.2) is 0 Å². The van der Waals surface area contributed by atoms with Gasteiger partial charge in [-0.25, -0.2) is 0 Å². The van der Waals surface area contributed by atoms with Crippen LogP contribution in [0.3, 0.4) is 0 Å². The molecule has 0 saturated carbocycles. The third-order valence-electron chi connectivity index (χ3n) is 3.38. The largest absolute Gasteiger partial charge is 0.371 e. The maximum absolute atomic E-state index is 3.63. The van der Waals surface area contributed by atoms with Crippen LogP contribution in [0.15, 0.2) is 24.3 Å². The van der Waals surface area contributed by atoms with E-state index >= 15 is 0 Å². The van der Waals surface area contributed by atoms with Crippen LogP contribution >= 0.6 is 15.9 Å². The van der Waals surface area contributed by atoms with Gasteiger partial charge in [0.25, 0.3) is 0 Å². The Kier molecular flexibility index (Phi) is 6.04. The number of hydrogen-bond acceptors (Lipinski definition) is 1. The SMILES string of the molecule is CCN(CC(CBr)C(C)C)c1ccc(C)cc1. The third-order valence-corrected chi connectivity index (χ3v) is 4.21. The van der Waals surface area contributed by atoms with Crippen molar-refractivity contribution in [2.24, 2.45) is 11.8 Å². The second kappa shape index (κ2) is 7.05. The van der Waals surface area contributed by atoms with Crippen LogP contribution in [0.5, 0.6) is 0 Å². The minimum Gasteiger partial charge on any atom is -0.371 e. The van der Waals surface area contributed by atoms with Crippen LogP contribution in [-0.4, -0.2) is 18.4 Å². The Morgan fingerprint density at radius 2 is 1.76 bits per heavy atom. The smallest absolute Gasteiger partial charge is 0.0366 e. The molecule has 0 aromatic heterocycles. The number of halogens is 1. The Labute approximate surface area is 114 Å². The second-order valence-electron chi connectivity index (χ2n) is 5.03. The van der Waals surface area contributed by atoms with Gasteiger partial charge in [-0.2, -0.15) is 0 Å². The first-order valence-corrected chi connectivity index (χ1v) is 7.58. The molecule has 0 aliphatic heterocycles. The summed E-state index contributed by atoms with van der Waals surface area (Å²) in [6.07, 6.45) is 0. The zero-order valence-electron chi connectivity index (χ0n) is 11.4. The Morgan fingerprint density at radius 3 is 2.18 bits per heavy atom. The van der Waals surface area contributed by atoms with Gasteiger partial charge >= 0.3 is 0 Å². The van der Waals surface area contributed by atoms with Gasteiger partial charge in [0.1, 0.15) is 0 Å². The molecule has 0 N–H and O–H groups in total. The van der Waals surface area contributed by atoms with Gasteiger partial charge in [-0.05, 0) is 37.8 Å². The lowest BCUT2D eigenvalue weighted by atomic mass is 9.97. The van der Waals surface area contributed by atoms with Gasteiger partial charge in [0, 0.05) is 24.1 Å². The van der Waals surface area contributed by atoms with Crippen LogP contribution in [0.1, 0.15) is 26.3 Å². The molecule has 17 heavy (non-hydrogen) atoms. The van der Waals surface area contributed by atoms with E-state index in [1.165, 1.54) is 11.3 Å². The van der Waals surface area contributed by atoms with E-state index in [9.17, 15) is 0 Å². The molecule has 0 saturated heterocycles. The minimum atomic E-state index is 0.705. The topological polar surface area (TPSA) is 3.24 Å². The van der Waals surface area contributed by atoms with E-state index in [-0.39, 0.29) is 0 Å². The second-order valence-corrected chi connectivity index (χ2v) is 5.68. The zero-order chi connectivity index (χ0) is 12.8. The number of alkyl halides is 1. The molecule has 1 aromatic carbocycles. The normalized spacial score (nSPS) is 12.8. The lowest BCUT2D eigenvalue weighted by molar-refractivity contribution is 0.427. The zero-order valence-corrected chi connectivity index (χ0v) is 13.0. The van der Waals surface area contributed by atoms with E-state index in [1.807, 2.05) is 0 Å². The van der Waals surface area contributed by atoms with Gasteiger partial charge in [0.05, 0.1) is 0 Å². The Morgan fingerprint density at radius 1 is 1.18 bits per heavy atom. The lowest BCUT2D eigenvalue weighted by Gasteiger charge is -2.29. The molecule has 0 spiro atoms.